The molecule has 2 N–H and O–H groups in total. The van der Waals surface area contributed by atoms with Gasteiger partial charge < -0.3 is 15.4 Å². The fraction of sp³-hybridized carbons (Fsp3) is 0.269. The van der Waals surface area contributed by atoms with Crippen LogP contribution < -0.4 is 10.6 Å². The van der Waals surface area contributed by atoms with Crippen LogP contribution in [0.15, 0.2) is 66.0 Å². The minimum Gasteiger partial charge on any atom is -0.462 e. The molecule has 4 rings (SSSR count). The SMILES string of the molecule is CCOC(=O)c1cnn2c1NC(C)=C(C(=O)NCCCc1ccccc1)C2c1ccc(Cl)c(Cl)c1. The van der Waals surface area contributed by atoms with Crippen LogP contribution in [0, 0.1) is 0 Å². The lowest BCUT2D eigenvalue weighted by Crippen LogP contribution is -2.35. The second kappa shape index (κ2) is 11.0. The van der Waals surface area contributed by atoms with E-state index >= 15 is 0 Å². The molecule has 1 amide bonds. The summed E-state index contributed by atoms with van der Waals surface area (Å²) in [6.45, 7) is 4.30. The van der Waals surface area contributed by atoms with Crippen molar-refractivity contribution in [1.82, 2.24) is 15.1 Å². The summed E-state index contributed by atoms with van der Waals surface area (Å²) >= 11 is 12.5. The molecule has 182 valence electrons. The summed E-state index contributed by atoms with van der Waals surface area (Å²) in [5.74, 6) is -0.258. The van der Waals surface area contributed by atoms with Crippen molar-refractivity contribution in [2.45, 2.75) is 32.7 Å². The van der Waals surface area contributed by atoms with Crippen LogP contribution >= 0.6 is 23.2 Å². The monoisotopic (exact) mass is 512 g/mol. The quantitative estimate of drug-likeness (QED) is 0.311. The Hall–Kier alpha value is -3.29. The Labute approximate surface area is 214 Å². The molecule has 0 radical (unpaired) electrons. The highest BCUT2D eigenvalue weighted by Gasteiger charge is 2.35. The van der Waals surface area contributed by atoms with Crippen LogP contribution in [0.4, 0.5) is 5.82 Å². The van der Waals surface area contributed by atoms with Gasteiger partial charge in [-0.1, -0.05) is 59.6 Å². The first-order valence-electron chi connectivity index (χ1n) is 11.4. The molecule has 7 nitrogen and oxygen atoms in total. The number of aromatic nitrogens is 2. The number of aryl methyl sites for hydroxylation is 1. The summed E-state index contributed by atoms with van der Waals surface area (Å²) in [5.41, 5.74) is 3.32. The van der Waals surface area contributed by atoms with Crippen molar-refractivity contribution in [3.63, 3.8) is 0 Å². The molecule has 2 heterocycles. The zero-order valence-corrected chi connectivity index (χ0v) is 21.0. The van der Waals surface area contributed by atoms with Crippen LogP contribution in [0.2, 0.25) is 10.0 Å². The summed E-state index contributed by atoms with van der Waals surface area (Å²) in [6, 6.07) is 14.7. The molecule has 1 aliphatic heterocycles. The summed E-state index contributed by atoms with van der Waals surface area (Å²) in [5, 5.41) is 11.4. The van der Waals surface area contributed by atoms with E-state index in [0.29, 0.717) is 39.2 Å². The molecule has 9 heteroatoms. The van der Waals surface area contributed by atoms with Gasteiger partial charge in [-0.05, 0) is 49.9 Å². The highest BCUT2D eigenvalue weighted by molar-refractivity contribution is 6.42. The number of nitrogens with one attached hydrogen (secondary N) is 2. The van der Waals surface area contributed by atoms with Crippen molar-refractivity contribution >= 4 is 40.9 Å². The number of nitrogens with zero attached hydrogens (tertiary/aromatic N) is 2. The van der Waals surface area contributed by atoms with E-state index in [1.165, 1.54) is 11.8 Å². The van der Waals surface area contributed by atoms with E-state index in [0.717, 1.165) is 18.4 Å². The Balaban J connectivity index is 1.63. The van der Waals surface area contributed by atoms with E-state index in [4.69, 9.17) is 27.9 Å². The summed E-state index contributed by atoms with van der Waals surface area (Å²) in [4.78, 5) is 25.9. The number of allylic oxidation sites excluding steroid dienone is 1. The van der Waals surface area contributed by atoms with Gasteiger partial charge in [0.25, 0.3) is 5.91 Å². The van der Waals surface area contributed by atoms with Gasteiger partial charge in [0.1, 0.15) is 17.4 Å². The van der Waals surface area contributed by atoms with Crippen LogP contribution in [-0.2, 0) is 16.0 Å². The molecule has 0 fully saturated rings. The maximum atomic E-state index is 13.4. The lowest BCUT2D eigenvalue weighted by Gasteiger charge is -2.30. The van der Waals surface area contributed by atoms with E-state index in [1.807, 2.05) is 18.2 Å². The van der Waals surface area contributed by atoms with E-state index in [9.17, 15) is 9.59 Å². The number of ether oxygens (including phenoxy) is 1. The Bertz CT molecular complexity index is 1270. The molecule has 3 aromatic rings. The van der Waals surface area contributed by atoms with Crippen molar-refractivity contribution in [2.75, 3.05) is 18.5 Å². The van der Waals surface area contributed by atoms with Gasteiger partial charge in [-0.15, -0.1) is 0 Å². The topological polar surface area (TPSA) is 85.2 Å². The van der Waals surface area contributed by atoms with Crippen LogP contribution in [0.1, 0.15) is 47.8 Å². The number of carbonyl (C=O) groups is 2. The second-order valence-corrected chi connectivity index (χ2v) is 8.97. The van der Waals surface area contributed by atoms with Gasteiger partial charge in [0.05, 0.1) is 28.4 Å². The van der Waals surface area contributed by atoms with Gasteiger partial charge >= 0.3 is 5.97 Å². The van der Waals surface area contributed by atoms with Gasteiger partial charge in [0.2, 0.25) is 0 Å². The van der Waals surface area contributed by atoms with E-state index in [2.05, 4.69) is 27.9 Å². The number of anilines is 1. The number of amides is 1. The molecular formula is C26H26Cl2N4O3. The maximum absolute atomic E-state index is 13.4. The standard InChI is InChI=1S/C26H26Cl2N4O3/c1-3-35-26(34)19-15-30-32-23(18-11-12-20(27)21(28)14-18)22(16(2)31-24(19)32)25(33)29-13-7-10-17-8-5-4-6-9-17/h4-6,8-9,11-12,14-15,23,31H,3,7,10,13H2,1-2H3,(H,29,33). The van der Waals surface area contributed by atoms with Crippen molar-refractivity contribution in [1.29, 1.82) is 0 Å². The number of carbonyl (C=O) groups excluding carboxylic acids is 2. The molecule has 0 aliphatic carbocycles. The Morgan fingerprint density at radius 2 is 1.91 bits per heavy atom. The molecule has 1 aliphatic rings. The predicted molar refractivity (Wildman–Crippen MR) is 137 cm³/mol. The highest BCUT2D eigenvalue weighted by atomic mass is 35.5. The third-order valence-electron chi connectivity index (χ3n) is 5.79. The molecule has 0 saturated carbocycles. The number of halogens is 2. The number of esters is 1. The fourth-order valence-electron chi connectivity index (χ4n) is 4.13. The Morgan fingerprint density at radius 1 is 1.14 bits per heavy atom. The molecule has 1 aromatic heterocycles. The molecular weight excluding hydrogens is 487 g/mol. The zero-order valence-electron chi connectivity index (χ0n) is 19.5. The molecule has 0 bridgehead atoms. The molecule has 0 saturated heterocycles. The summed E-state index contributed by atoms with van der Waals surface area (Å²) in [7, 11) is 0. The normalized spacial score (nSPS) is 14.8. The van der Waals surface area contributed by atoms with Gasteiger partial charge in [0.15, 0.2) is 0 Å². The van der Waals surface area contributed by atoms with E-state index in [-0.39, 0.29) is 12.5 Å². The largest absolute Gasteiger partial charge is 0.462 e. The summed E-state index contributed by atoms with van der Waals surface area (Å²) in [6.07, 6.45) is 3.10. The van der Waals surface area contributed by atoms with Crippen molar-refractivity contribution in [3.8, 4) is 0 Å². The van der Waals surface area contributed by atoms with Crippen LogP contribution in [0.3, 0.4) is 0 Å². The minimum absolute atomic E-state index is 0.224. The third-order valence-corrected chi connectivity index (χ3v) is 6.53. The van der Waals surface area contributed by atoms with Crippen LogP contribution in [-0.4, -0.2) is 34.8 Å². The summed E-state index contributed by atoms with van der Waals surface area (Å²) < 4.78 is 6.78. The number of hydrogen-bond donors (Lipinski definition) is 2. The highest BCUT2D eigenvalue weighted by Crippen LogP contribution is 2.39. The average Bonchev–Trinajstić information content (AvgIpc) is 3.27. The van der Waals surface area contributed by atoms with Crippen LogP contribution in [0.25, 0.3) is 0 Å². The number of hydrogen-bond acceptors (Lipinski definition) is 5. The van der Waals surface area contributed by atoms with E-state index in [1.54, 1.807) is 36.7 Å². The zero-order chi connectivity index (χ0) is 24.9. The number of fused-ring (bicyclic) bond motifs is 1. The first kappa shape index (κ1) is 24.8. The third kappa shape index (κ3) is 5.36. The molecule has 1 unspecified atom stereocenters. The first-order chi connectivity index (χ1) is 16.9. The Kier molecular flexibility index (Phi) is 7.78. The van der Waals surface area contributed by atoms with Gasteiger partial charge in [-0.25, -0.2) is 9.48 Å². The molecule has 1 atom stereocenters. The lowest BCUT2D eigenvalue weighted by molar-refractivity contribution is -0.118. The predicted octanol–water partition coefficient (Wildman–Crippen LogP) is 5.40. The fourth-order valence-corrected chi connectivity index (χ4v) is 4.44. The smallest absolute Gasteiger partial charge is 0.343 e. The average molecular weight is 513 g/mol. The second-order valence-electron chi connectivity index (χ2n) is 8.16. The first-order valence-corrected chi connectivity index (χ1v) is 12.2. The lowest BCUT2D eigenvalue weighted by atomic mass is 9.94. The number of rotatable bonds is 8. The maximum Gasteiger partial charge on any atom is 0.343 e. The minimum atomic E-state index is -0.613. The molecule has 35 heavy (non-hydrogen) atoms. The molecule has 2 aromatic carbocycles. The van der Waals surface area contributed by atoms with Crippen molar-refractivity contribution in [2.24, 2.45) is 0 Å². The van der Waals surface area contributed by atoms with Crippen molar-refractivity contribution in [3.05, 3.63) is 92.7 Å². The van der Waals surface area contributed by atoms with Crippen LogP contribution in [0.5, 0.6) is 0 Å². The van der Waals surface area contributed by atoms with Gasteiger partial charge in [-0.2, -0.15) is 5.10 Å². The van der Waals surface area contributed by atoms with Gasteiger partial charge in [-0.3, -0.25) is 4.79 Å². The molecule has 0 spiro atoms. The van der Waals surface area contributed by atoms with E-state index < -0.39 is 12.0 Å². The van der Waals surface area contributed by atoms with Crippen molar-refractivity contribution < 1.29 is 14.3 Å². The Morgan fingerprint density at radius 3 is 2.63 bits per heavy atom. The number of benzene rings is 2. The van der Waals surface area contributed by atoms with Gasteiger partial charge in [0, 0.05) is 12.2 Å².